The molecule has 0 bridgehead atoms. The van der Waals surface area contributed by atoms with Gasteiger partial charge in [-0.1, -0.05) is 18.2 Å². The lowest BCUT2D eigenvalue weighted by atomic mass is 9.90. The Labute approximate surface area is 122 Å². The van der Waals surface area contributed by atoms with Gasteiger partial charge in [-0.05, 0) is 86.3 Å². The molecule has 0 nitrogen and oxygen atoms in total. The fourth-order valence-corrected chi connectivity index (χ4v) is 4.52. The van der Waals surface area contributed by atoms with Crippen LogP contribution < -0.4 is 0 Å². The first kappa shape index (κ1) is 13.9. The zero-order valence-electron chi connectivity index (χ0n) is 12.2. The molecule has 0 amide bonds. The Hall–Kier alpha value is -1.11. The highest BCUT2D eigenvalue weighted by Gasteiger charge is 2.35. The average molecular weight is 272 g/mol. The average Bonchev–Trinajstić information content (AvgIpc) is 2.73. The van der Waals surface area contributed by atoms with E-state index in [0.717, 1.165) is 17.8 Å². The van der Waals surface area contributed by atoms with Gasteiger partial charge in [-0.25, -0.2) is 4.39 Å². The molecule has 2 aliphatic rings. The molecule has 108 valence electrons. The van der Waals surface area contributed by atoms with Crippen molar-refractivity contribution in [3.63, 3.8) is 0 Å². The fourth-order valence-electron chi connectivity index (χ4n) is 4.52. The summed E-state index contributed by atoms with van der Waals surface area (Å²) < 4.78 is 13.0. The summed E-state index contributed by atoms with van der Waals surface area (Å²) in [6.07, 6.45) is 11.4. The normalized spacial score (nSPS) is 33.5. The first-order chi connectivity index (χ1) is 9.76. The zero-order valence-corrected chi connectivity index (χ0v) is 12.2. The Bertz CT molecular complexity index is 431. The second-order valence-electron chi connectivity index (χ2n) is 6.79. The Kier molecular flexibility index (Phi) is 4.24. The number of hydrogen-bond acceptors (Lipinski definition) is 0. The topological polar surface area (TPSA) is 0 Å². The van der Waals surface area contributed by atoms with Crippen LogP contribution in [0, 0.1) is 23.6 Å². The van der Waals surface area contributed by atoms with Gasteiger partial charge in [-0.2, -0.15) is 0 Å². The van der Waals surface area contributed by atoms with E-state index in [1.807, 2.05) is 12.1 Å². The second-order valence-corrected chi connectivity index (χ2v) is 6.79. The number of halogens is 1. The highest BCUT2D eigenvalue weighted by molar-refractivity contribution is 5.20. The molecule has 0 radical (unpaired) electrons. The molecule has 0 N–H and O–H groups in total. The monoisotopic (exact) mass is 272 g/mol. The van der Waals surface area contributed by atoms with E-state index in [2.05, 4.69) is 12.7 Å². The molecule has 0 heterocycles. The molecule has 2 aliphatic carbocycles. The van der Waals surface area contributed by atoms with Crippen LogP contribution in [0.1, 0.15) is 56.4 Å². The van der Waals surface area contributed by atoms with Crippen molar-refractivity contribution in [3.05, 3.63) is 48.3 Å². The molecule has 1 heteroatoms. The molecule has 2 saturated carbocycles. The van der Waals surface area contributed by atoms with Gasteiger partial charge in [-0.3, -0.25) is 0 Å². The van der Waals surface area contributed by atoms with Gasteiger partial charge in [0.05, 0.1) is 0 Å². The van der Waals surface area contributed by atoms with Crippen LogP contribution in [-0.2, 0) is 0 Å². The molecule has 3 rings (SSSR count). The minimum Gasteiger partial charge on any atom is -0.207 e. The molecule has 0 spiro atoms. The molecular formula is C19H25F. The van der Waals surface area contributed by atoms with Crippen LogP contribution in [0.15, 0.2) is 36.9 Å². The second kappa shape index (κ2) is 6.11. The molecule has 2 unspecified atom stereocenters. The SMILES string of the molecule is C=CCC1CC2CCC(c3ccc(F)cc3)CCC2C1. The number of rotatable bonds is 3. The highest BCUT2D eigenvalue weighted by Crippen LogP contribution is 2.48. The van der Waals surface area contributed by atoms with E-state index in [4.69, 9.17) is 0 Å². The lowest BCUT2D eigenvalue weighted by molar-refractivity contribution is 0.367. The smallest absolute Gasteiger partial charge is 0.123 e. The van der Waals surface area contributed by atoms with E-state index in [0.29, 0.717) is 5.92 Å². The van der Waals surface area contributed by atoms with Crippen molar-refractivity contribution < 1.29 is 4.39 Å². The summed E-state index contributed by atoms with van der Waals surface area (Å²) in [5.41, 5.74) is 1.34. The number of hydrogen-bond donors (Lipinski definition) is 0. The van der Waals surface area contributed by atoms with Crippen molar-refractivity contribution in [3.8, 4) is 0 Å². The van der Waals surface area contributed by atoms with Crippen LogP contribution in [-0.4, -0.2) is 0 Å². The molecular weight excluding hydrogens is 247 g/mol. The van der Waals surface area contributed by atoms with Crippen LogP contribution >= 0.6 is 0 Å². The lowest BCUT2D eigenvalue weighted by Gasteiger charge is -2.16. The summed E-state index contributed by atoms with van der Waals surface area (Å²) in [6.45, 7) is 3.89. The maximum atomic E-state index is 13.0. The third-order valence-corrected chi connectivity index (χ3v) is 5.55. The molecule has 2 atom stereocenters. The van der Waals surface area contributed by atoms with E-state index >= 15 is 0 Å². The fraction of sp³-hybridized carbons (Fsp3) is 0.579. The quantitative estimate of drug-likeness (QED) is 0.619. The highest BCUT2D eigenvalue weighted by atomic mass is 19.1. The van der Waals surface area contributed by atoms with Gasteiger partial charge in [0.15, 0.2) is 0 Å². The van der Waals surface area contributed by atoms with Crippen molar-refractivity contribution in [2.24, 2.45) is 17.8 Å². The van der Waals surface area contributed by atoms with Crippen molar-refractivity contribution >= 4 is 0 Å². The van der Waals surface area contributed by atoms with Gasteiger partial charge < -0.3 is 0 Å². The van der Waals surface area contributed by atoms with Crippen molar-refractivity contribution in [2.75, 3.05) is 0 Å². The molecule has 0 saturated heterocycles. The first-order valence-electron chi connectivity index (χ1n) is 8.12. The van der Waals surface area contributed by atoms with E-state index in [1.165, 1.54) is 50.5 Å². The first-order valence-corrected chi connectivity index (χ1v) is 8.12. The Morgan fingerprint density at radius 2 is 1.60 bits per heavy atom. The van der Waals surface area contributed by atoms with E-state index in [1.54, 1.807) is 12.1 Å². The molecule has 20 heavy (non-hydrogen) atoms. The van der Waals surface area contributed by atoms with Gasteiger partial charge in [0.2, 0.25) is 0 Å². The zero-order chi connectivity index (χ0) is 13.9. The largest absolute Gasteiger partial charge is 0.207 e. The third kappa shape index (κ3) is 2.97. The molecule has 0 aliphatic heterocycles. The summed E-state index contributed by atoms with van der Waals surface area (Å²) in [5, 5.41) is 0. The van der Waals surface area contributed by atoms with Crippen LogP contribution in [0.4, 0.5) is 4.39 Å². The predicted molar refractivity (Wildman–Crippen MR) is 82.1 cm³/mol. The maximum Gasteiger partial charge on any atom is 0.123 e. The molecule has 1 aromatic carbocycles. The number of benzene rings is 1. The van der Waals surface area contributed by atoms with Gasteiger partial charge in [-0.15, -0.1) is 6.58 Å². The summed E-state index contributed by atoms with van der Waals surface area (Å²) in [4.78, 5) is 0. The number of fused-ring (bicyclic) bond motifs is 1. The summed E-state index contributed by atoms with van der Waals surface area (Å²) >= 11 is 0. The molecule has 0 aromatic heterocycles. The van der Waals surface area contributed by atoms with Gasteiger partial charge in [0.1, 0.15) is 5.82 Å². The predicted octanol–water partition coefficient (Wildman–Crippen LogP) is 5.70. The standard InChI is InChI=1S/C19H25F/c1-2-3-14-12-17-6-4-15(5-7-18(17)13-14)16-8-10-19(20)11-9-16/h2,8-11,14-15,17-18H,1,3-7,12-13H2. The molecule has 1 aromatic rings. The number of allylic oxidation sites excluding steroid dienone is 1. The Balaban J connectivity index is 1.62. The van der Waals surface area contributed by atoms with Crippen LogP contribution in [0.25, 0.3) is 0 Å². The van der Waals surface area contributed by atoms with Gasteiger partial charge in [0, 0.05) is 0 Å². The minimum atomic E-state index is -0.119. The lowest BCUT2D eigenvalue weighted by Crippen LogP contribution is -2.04. The summed E-state index contributed by atoms with van der Waals surface area (Å²) in [5.74, 6) is 3.30. The van der Waals surface area contributed by atoms with Crippen molar-refractivity contribution in [2.45, 2.75) is 50.9 Å². The van der Waals surface area contributed by atoms with Crippen LogP contribution in [0.5, 0.6) is 0 Å². The van der Waals surface area contributed by atoms with E-state index < -0.39 is 0 Å². The minimum absolute atomic E-state index is 0.119. The molecule has 2 fully saturated rings. The van der Waals surface area contributed by atoms with Gasteiger partial charge in [0.25, 0.3) is 0 Å². The van der Waals surface area contributed by atoms with Crippen LogP contribution in [0.2, 0.25) is 0 Å². The Morgan fingerprint density at radius 3 is 2.15 bits per heavy atom. The van der Waals surface area contributed by atoms with Crippen molar-refractivity contribution in [1.82, 2.24) is 0 Å². The van der Waals surface area contributed by atoms with Crippen molar-refractivity contribution in [1.29, 1.82) is 0 Å². The summed E-state index contributed by atoms with van der Waals surface area (Å²) in [6, 6.07) is 7.20. The van der Waals surface area contributed by atoms with Gasteiger partial charge >= 0.3 is 0 Å². The summed E-state index contributed by atoms with van der Waals surface area (Å²) in [7, 11) is 0. The van der Waals surface area contributed by atoms with E-state index in [9.17, 15) is 4.39 Å². The van der Waals surface area contributed by atoms with E-state index in [-0.39, 0.29) is 5.82 Å². The Morgan fingerprint density at radius 1 is 1.00 bits per heavy atom. The van der Waals surface area contributed by atoms with Crippen LogP contribution in [0.3, 0.4) is 0 Å². The third-order valence-electron chi connectivity index (χ3n) is 5.55. The maximum absolute atomic E-state index is 13.0.